The topological polar surface area (TPSA) is 53.6 Å². The first-order valence-corrected chi connectivity index (χ1v) is 7.45. The van der Waals surface area contributed by atoms with Gasteiger partial charge in [0.2, 0.25) is 5.91 Å². The van der Waals surface area contributed by atoms with Crippen LogP contribution in [-0.2, 0) is 9.53 Å². The molecule has 1 unspecified atom stereocenters. The number of likely N-dealkylation sites (N-methyl/N-ethyl adjacent to an activating group) is 1. The average Bonchev–Trinajstić information content (AvgIpc) is 2.94. The maximum Gasteiger partial charge on any atom is 0.234 e. The van der Waals surface area contributed by atoms with E-state index >= 15 is 0 Å². The van der Waals surface area contributed by atoms with Gasteiger partial charge in [0.15, 0.2) is 0 Å². The van der Waals surface area contributed by atoms with Gasteiger partial charge in [-0.25, -0.2) is 0 Å². The molecule has 0 aromatic carbocycles. The molecule has 0 saturated carbocycles. The number of carbonyl (C=O) groups excluding carboxylic acids is 1. The molecule has 2 heterocycles. The highest BCUT2D eigenvalue weighted by molar-refractivity contribution is 7.10. The Labute approximate surface area is 117 Å². The number of nitrogens with zero attached hydrogens (tertiary/aromatic N) is 1. The normalized spacial score (nSPS) is 18.2. The van der Waals surface area contributed by atoms with Gasteiger partial charge in [-0.3, -0.25) is 9.69 Å². The predicted octanol–water partition coefficient (Wildman–Crippen LogP) is 0.457. The summed E-state index contributed by atoms with van der Waals surface area (Å²) in [5.41, 5.74) is 0. The Morgan fingerprint density at radius 2 is 2.32 bits per heavy atom. The highest BCUT2D eigenvalue weighted by Gasteiger charge is 2.23. The Hall–Kier alpha value is -0.950. The fourth-order valence-electron chi connectivity index (χ4n) is 2.21. The number of morpholine rings is 1. The van der Waals surface area contributed by atoms with Crippen molar-refractivity contribution in [2.24, 2.45) is 0 Å². The quantitative estimate of drug-likeness (QED) is 0.796. The lowest BCUT2D eigenvalue weighted by Crippen LogP contribution is -2.44. The zero-order chi connectivity index (χ0) is 13.5. The van der Waals surface area contributed by atoms with Crippen LogP contribution in [0.5, 0.6) is 0 Å². The maximum atomic E-state index is 11.6. The summed E-state index contributed by atoms with van der Waals surface area (Å²) in [7, 11) is 1.78. The molecule has 106 valence electrons. The first-order valence-electron chi connectivity index (χ1n) is 6.57. The molecule has 2 rings (SSSR count). The van der Waals surface area contributed by atoms with Crippen molar-refractivity contribution in [3.63, 3.8) is 0 Å². The Kier molecular flexibility index (Phi) is 5.78. The summed E-state index contributed by atoms with van der Waals surface area (Å²) < 4.78 is 5.40. The van der Waals surface area contributed by atoms with Crippen LogP contribution in [-0.4, -0.2) is 57.2 Å². The SMILES string of the molecule is CNCC(=O)NCC(c1cccs1)N1CCOCC1. The lowest BCUT2D eigenvalue weighted by Gasteiger charge is -2.34. The number of amides is 1. The van der Waals surface area contributed by atoms with E-state index in [-0.39, 0.29) is 11.9 Å². The molecule has 19 heavy (non-hydrogen) atoms. The fourth-order valence-corrected chi connectivity index (χ4v) is 3.07. The van der Waals surface area contributed by atoms with Crippen molar-refractivity contribution in [3.8, 4) is 0 Å². The second-order valence-electron chi connectivity index (χ2n) is 4.51. The van der Waals surface area contributed by atoms with Crippen molar-refractivity contribution >= 4 is 17.2 Å². The summed E-state index contributed by atoms with van der Waals surface area (Å²) in [4.78, 5) is 15.3. The number of thiophene rings is 1. The van der Waals surface area contributed by atoms with E-state index in [1.807, 2.05) is 0 Å². The minimum atomic E-state index is 0.0392. The highest BCUT2D eigenvalue weighted by atomic mass is 32.1. The molecule has 0 radical (unpaired) electrons. The van der Waals surface area contributed by atoms with Crippen molar-refractivity contribution in [1.82, 2.24) is 15.5 Å². The van der Waals surface area contributed by atoms with Gasteiger partial charge in [-0.05, 0) is 18.5 Å². The van der Waals surface area contributed by atoms with Crippen molar-refractivity contribution in [2.75, 3.05) is 46.4 Å². The van der Waals surface area contributed by atoms with Crippen LogP contribution >= 0.6 is 11.3 Å². The molecule has 6 heteroatoms. The molecule has 0 spiro atoms. The minimum absolute atomic E-state index is 0.0392. The molecule has 0 bridgehead atoms. The highest BCUT2D eigenvalue weighted by Crippen LogP contribution is 2.25. The molecule has 0 aliphatic carbocycles. The van der Waals surface area contributed by atoms with Crippen LogP contribution in [0.1, 0.15) is 10.9 Å². The van der Waals surface area contributed by atoms with Crippen molar-refractivity contribution in [3.05, 3.63) is 22.4 Å². The standard InChI is InChI=1S/C13H21N3O2S/c1-14-10-13(17)15-9-11(12-3-2-8-19-12)16-4-6-18-7-5-16/h2-3,8,11,14H,4-7,9-10H2,1H3,(H,15,17). The predicted molar refractivity (Wildman–Crippen MR) is 76.4 cm³/mol. The van der Waals surface area contributed by atoms with Gasteiger partial charge >= 0.3 is 0 Å². The largest absolute Gasteiger partial charge is 0.379 e. The smallest absolute Gasteiger partial charge is 0.234 e. The van der Waals surface area contributed by atoms with E-state index in [0.29, 0.717) is 13.1 Å². The molecule has 1 aliphatic rings. The van der Waals surface area contributed by atoms with Gasteiger partial charge in [-0.1, -0.05) is 6.07 Å². The van der Waals surface area contributed by atoms with Crippen molar-refractivity contribution < 1.29 is 9.53 Å². The van der Waals surface area contributed by atoms with Gasteiger partial charge in [0.25, 0.3) is 0 Å². The fraction of sp³-hybridized carbons (Fsp3) is 0.615. The number of carbonyl (C=O) groups is 1. The van der Waals surface area contributed by atoms with Gasteiger partial charge in [0, 0.05) is 24.5 Å². The molecule has 1 atom stereocenters. The second kappa shape index (κ2) is 7.59. The van der Waals surface area contributed by atoms with Gasteiger partial charge in [0.1, 0.15) is 0 Å². The van der Waals surface area contributed by atoms with E-state index in [2.05, 4.69) is 33.0 Å². The Morgan fingerprint density at radius 3 is 2.95 bits per heavy atom. The van der Waals surface area contributed by atoms with E-state index in [9.17, 15) is 4.79 Å². The van der Waals surface area contributed by atoms with E-state index < -0.39 is 0 Å². The lowest BCUT2D eigenvalue weighted by molar-refractivity contribution is -0.120. The molecule has 1 saturated heterocycles. The molecule has 1 aromatic heterocycles. The Balaban J connectivity index is 1.96. The average molecular weight is 283 g/mol. The van der Waals surface area contributed by atoms with Crippen LogP contribution in [0.4, 0.5) is 0 Å². The van der Waals surface area contributed by atoms with Crippen LogP contribution in [0.15, 0.2) is 17.5 Å². The van der Waals surface area contributed by atoms with E-state index in [0.717, 1.165) is 26.3 Å². The number of ether oxygens (including phenoxy) is 1. The summed E-state index contributed by atoms with van der Waals surface area (Å²) >= 11 is 1.74. The number of nitrogens with one attached hydrogen (secondary N) is 2. The number of rotatable bonds is 6. The minimum Gasteiger partial charge on any atom is -0.379 e. The van der Waals surface area contributed by atoms with Crippen molar-refractivity contribution in [1.29, 1.82) is 0 Å². The van der Waals surface area contributed by atoms with E-state index in [1.54, 1.807) is 18.4 Å². The molecule has 1 aliphatic heterocycles. The van der Waals surface area contributed by atoms with E-state index in [4.69, 9.17) is 4.74 Å². The number of hydrogen-bond donors (Lipinski definition) is 2. The molecular formula is C13H21N3O2S. The third-order valence-electron chi connectivity index (χ3n) is 3.19. The molecule has 1 aromatic rings. The second-order valence-corrected chi connectivity index (χ2v) is 5.49. The first kappa shape index (κ1) is 14.5. The van der Waals surface area contributed by atoms with Crippen LogP contribution < -0.4 is 10.6 Å². The summed E-state index contributed by atoms with van der Waals surface area (Å²) in [6.45, 7) is 4.40. The zero-order valence-electron chi connectivity index (χ0n) is 11.2. The van der Waals surface area contributed by atoms with Crippen LogP contribution in [0.25, 0.3) is 0 Å². The van der Waals surface area contributed by atoms with Crippen LogP contribution in [0.2, 0.25) is 0 Å². The first-order chi connectivity index (χ1) is 9.31. The zero-order valence-corrected chi connectivity index (χ0v) is 12.0. The van der Waals surface area contributed by atoms with Gasteiger partial charge in [-0.2, -0.15) is 0 Å². The lowest BCUT2D eigenvalue weighted by atomic mass is 10.2. The summed E-state index contributed by atoms with van der Waals surface area (Å²) in [5.74, 6) is 0.0392. The molecule has 5 nitrogen and oxygen atoms in total. The monoisotopic (exact) mass is 283 g/mol. The molecule has 2 N–H and O–H groups in total. The maximum absolute atomic E-state index is 11.6. The third-order valence-corrected chi connectivity index (χ3v) is 4.16. The molecule has 1 amide bonds. The summed E-state index contributed by atoms with van der Waals surface area (Å²) in [6, 6.07) is 4.45. The summed E-state index contributed by atoms with van der Waals surface area (Å²) in [6.07, 6.45) is 0. The Morgan fingerprint density at radius 1 is 1.53 bits per heavy atom. The third kappa shape index (κ3) is 4.28. The van der Waals surface area contributed by atoms with Crippen molar-refractivity contribution in [2.45, 2.75) is 6.04 Å². The molecular weight excluding hydrogens is 262 g/mol. The van der Waals surface area contributed by atoms with Crippen LogP contribution in [0, 0.1) is 0 Å². The van der Waals surface area contributed by atoms with E-state index in [1.165, 1.54) is 4.88 Å². The van der Waals surface area contributed by atoms with Gasteiger partial charge in [0.05, 0.1) is 25.8 Å². The molecule has 1 fully saturated rings. The van der Waals surface area contributed by atoms with Crippen LogP contribution in [0.3, 0.4) is 0 Å². The van der Waals surface area contributed by atoms with Gasteiger partial charge in [-0.15, -0.1) is 11.3 Å². The summed E-state index contributed by atoms with van der Waals surface area (Å²) in [5, 5.41) is 7.94. The van der Waals surface area contributed by atoms with Gasteiger partial charge < -0.3 is 15.4 Å². The Bertz CT molecular complexity index is 377. The number of hydrogen-bond acceptors (Lipinski definition) is 5.